The minimum Gasteiger partial charge on any atom is -0.0622 e. The van der Waals surface area contributed by atoms with Crippen molar-refractivity contribution in [1.29, 1.82) is 0 Å². The lowest BCUT2D eigenvalue weighted by Crippen LogP contribution is -2.15. The first-order valence-corrected chi connectivity index (χ1v) is 42.3. The minimum absolute atomic E-state index is 0.0390. The zero-order valence-corrected chi connectivity index (χ0v) is 74.1. The summed E-state index contributed by atoms with van der Waals surface area (Å²) in [6.45, 7) is 41.2. The zero-order valence-electron chi connectivity index (χ0n) is 86.1. The third-order valence-corrected chi connectivity index (χ3v) is 22.2. The van der Waals surface area contributed by atoms with E-state index in [-0.39, 0.29) is 72.5 Å². The summed E-state index contributed by atoms with van der Waals surface area (Å²) in [6.07, 6.45) is 0. The lowest BCUT2D eigenvalue weighted by Gasteiger charge is -2.28. The Labute approximate surface area is 742 Å². The van der Waals surface area contributed by atoms with Crippen molar-refractivity contribution >= 4 is 0 Å². The van der Waals surface area contributed by atoms with Gasteiger partial charge in [-0.1, -0.05) is 476 Å². The summed E-state index contributed by atoms with van der Waals surface area (Å²) in [5, 5.41) is 0. The number of hydrogen-bond donors (Lipinski definition) is 0. The largest absolute Gasteiger partial charge is 0.0629 e. The predicted octanol–water partition coefficient (Wildman–Crippen LogP) is 34.8. The first-order valence-electron chi connectivity index (χ1n) is 48.3. The van der Waals surface area contributed by atoms with E-state index in [0.29, 0.717) is 0 Å². The molecular weight excluding hydrogens is 1450 g/mol. The molecule has 0 nitrogen and oxygen atoms in total. The van der Waals surface area contributed by atoms with Gasteiger partial charge in [0.05, 0.1) is 16.4 Å². The highest BCUT2D eigenvalue weighted by atomic mass is 14.3. The lowest BCUT2D eigenvalue weighted by atomic mass is 9.76. The van der Waals surface area contributed by atoms with Gasteiger partial charge in [0.25, 0.3) is 0 Å². The second-order valence-electron chi connectivity index (χ2n) is 37.7. The SMILES string of the molecule is CC(C)(C)c1c(-c2cc(-c3ccccc3)cc(-c3ccccc3)c2)cccc1-c1cc(-c2ccccc2)cc(-c2ccccc2)c1.CC(C)(C)c1cc(-c2ccccc2)cc(-c2ccccc2)c1.CC(C)(C)c1ccc(-c2cccc(-c3ccc(C(C)(C)C)cc3)c2C(C)(C)C)cc1.[2H]c1c([2H])c([2H])c(-c2c([2H])c([2H])c(C)c(-c3c([2H])c([2H])c([2H])c([2H])c3[2H])c2C(C)(C)C)c([2H])c1[2H]. The van der Waals surface area contributed by atoms with Crippen LogP contribution in [0, 0.1) is 6.92 Å². The standard InChI is InChI=1S/C46H38.C30H38.C23H24.C22H22/c1-46(2,3)45-43(41-29-37(33-17-8-4-9-18-33)27-38(30-41)34-19-10-5-11-20-34)25-16-26-44(45)42-31-39(35-21-12-6-13-22-35)28-40(32-42)36-23-14-7-15-24-36;1-28(2,3)23-17-13-21(14-18-23)25-11-10-12-26(27(25)30(7,8)9)22-15-19-24(20-16-22)29(4,5)6;1-17-15-16-20(18-11-7-5-8-12-18)22(23(2,3)4)21(17)19-13-9-6-10-14-19;1-22(2,3)21-15-19(17-10-6-4-7-11-17)14-20(16-21)18-12-8-5-9-13-18/h4-32H,1-3H3;10-20H,1-9H3;5-16H,1-4H3;4-16H,1-3H3/i;;5D,6D,7D,8D,9D,10D,11D,12D,13D,14D,15D,16D;. The molecule has 0 saturated carbocycles. The molecule has 0 saturated heterocycles. The van der Waals surface area contributed by atoms with Gasteiger partial charge < -0.3 is 0 Å². The third-order valence-electron chi connectivity index (χ3n) is 22.2. The van der Waals surface area contributed by atoms with Crippen molar-refractivity contribution in [1.82, 2.24) is 0 Å². The topological polar surface area (TPSA) is 0 Å². The van der Waals surface area contributed by atoms with Crippen molar-refractivity contribution in [2.24, 2.45) is 0 Å². The fourth-order valence-corrected chi connectivity index (χ4v) is 16.0. The third kappa shape index (κ3) is 21.4. The highest BCUT2D eigenvalue weighted by Crippen LogP contribution is 2.48. The molecule has 0 spiro atoms. The number of hydrogen-bond acceptors (Lipinski definition) is 0. The monoisotopic (exact) mass is 1590 g/mol. The summed E-state index contributed by atoms with van der Waals surface area (Å²) in [6, 6.07) is 111. The van der Waals surface area contributed by atoms with Gasteiger partial charge in [0.2, 0.25) is 0 Å². The van der Waals surface area contributed by atoms with E-state index < -0.39 is 65.8 Å². The lowest BCUT2D eigenvalue weighted by molar-refractivity contribution is 0.589. The molecule has 0 heterocycles. The molecule has 0 bridgehead atoms. The van der Waals surface area contributed by atoms with E-state index in [4.69, 9.17) is 16.4 Å². The van der Waals surface area contributed by atoms with Crippen LogP contribution in [0.5, 0.6) is 0 Å². The van der Waals surface area contributed by atoms with Crippen LogP contribution in [0.1, 0.15) is 180 Å². The normalized spacial score (nSPS) is 13.1. The van der Waals surface area contributed by atoms with Gasteiger partial charge in [-0.05, 0) is 254 Å². The van der Waals surface area contributed by atoms with Crippen LogP contribution >= 0.6 is 0 Å². The molecule has 16 aromatic carbocycles. The molecule has 121 heavy (non-hydrogen) atoms. The zero-order chi connectivity index (χ0) is 96.3. The van der Waals surface area contributed by atoms with Crippen molar-refractivity contribution in [3.05, 3.63) is 433 Å². The Morgan fingerprint density at radius 3 is 0.678 bits per heavy atom. The van der Waals surface area contributed by atoms with Crippen LogP contribution in [0.4, 0.5) is 0 Å². The van der Waals surface area contributed by atoms with Crippen LogP contribution in [0.25, 0.3) is 134 Å². The van der Waals surface area contributed by atoms with Crippen molar-refractivity contribution in [2.75, 3.05) is 0 Å². The molecule has 606 valence electrons. The van der Waals surface area contributed by atoms with E-state index in [2.05, 4.69) is 425 Å². The molecule has 0 unspecified atom stereocenters. The Balaban J connectivity index is 0.000000156. The van der Waals surface area contributed by atoms with Gasteiger partial charge in [0.1, 0.15) is 0 Å². The minimum atomic E-state index is -0.884. The molecule has 16 aromatic rings. The first kappa shape index (κ1) is 71.4. The average Bonchev–Trinajstić information content (AvgIpc) is 0.714. The van der Waals surface area contributed by atoms with Crippen molar-refractivity contribution in [3.8, 4) is 134 Å². The van der Waals surface area contributed by atoms with Gasteiger partial charge >= 0.3 is 0 Å². The molecule has 0 amide bonds. The maximum absolute atomic E-state index is 8.75. The molecule has 0 aliphatic carbocycles. The van der Waals surface area contributed by atoms with E-state index in [0.717, 1.165) is 0 Å². The molecule has 0 aliphatic heterocycles. The Morgan fingerprint density at radius 2 is 0.413 bits per heavy atom. The van der Waals surface area contributed by atoms with E-state index in [1.54, 1.807) is 20.8 Å². The number of rotatable bonds is 12. The van der Waals surface area contributed by atoms with E-state index in [1.165, 1.54) is 146 Å². The van der Waals surface area contributed by atoms with Crippen LogP contribution in [0.15, 0.2) is 394 Å². The summed E-state index contributed by atoms with van der Waals surface area (Å²) >= 11 is 0. The molecule has 0 N–H and O–H groups in total. The quantitative estimate of drug-likeness (QED) is 0.114. The Bertz CT molecular complexity index is 6310. The van der Waals surface area contributed by atoms with Gasteiger partial charge in [0, 0.05) is 0 Å². The average molecular weight is 1590 g/mol. The molecule has 0 atom stereocenters. The Hall–Kier alpha value is -12.5. The predicted molar refractivity (Wildman–Crippen MR) is 528 cm³/mol. The summed E-state index contributed by atoms with van der Waals surface area (Å²) in [4.78, 5) is 0. The fraction of sp³-hybridized carbons (Fsp3) is 0.207. The second-order valence-corrected chi connectivity index (χ2v) is 37.7. The Morgan fingerprint density at radius 1 is 0.165 bits per heavy atom. The van der Waals surface area contributed by atoms with Gasteiger partial charge in [-0.25, -0.2) is 0 Å². The molecular formula is C121H122. The maximum Gasteiger partial charge on any atom is 0.0629 e. The maximum atomic E-state index is 8.75. The molecule has 0 aromatic heterocycles. The first-order chi connectivity index (χ1) is 62.7. The highest BCUT2D eigenvalue weighted by molar-refractivity contribution is 5.90. The molecule has 0 radical (unpaired) electrons. The van der Waals surface area contributed by atoms with Crippen molar-refractivity contribution < 1.29 is 16.4 Å². The van der Waals surface area contributed by atoms with Crippen LogP contribution < -0.4 is 0 Å². The van der Waals surface area contributed by atoms with Gasteiger partial charge in [-0.15, -0.1) is 0 Å². The van der Waals surface area contributed by atoms with E-state index >= 15 is 0 Å². The molecule has 0 fully saturated rings. The Kier molecular flexibility index (Phi) is 21.9. The van der Waals surface area contributed by atoms with Crippen LogP contribution in [0.3, 0.4) is 0 Å². The van der Waals surface area contributed by atoms with Crippen LogP contribution in [-0.2, 0) is 32.5 Å². The fourth-order valence-electron chi connectivity index (χ4n) is 16.0. The summed E-state index contributed by atoms with van der Waals surface area (Å²) in [5.74, 6) is 0. The van der Waals surface area contributed by atoms with Crippen LogP contribution in [-0.4, -0.2) is 0 Å². The molecule has 0 heteroatoms. The second kappa shape index (κ2) is 37.0. The van der Waals surface area contributed by atoms with Gasteiger partial charge in [-0.2, -0.15) is 0 Å². The summed E-state index contributed by atoms with van der Waals surface area (Å²) in [7, 11) is 0. The van der Waals surface area contributed by atoms with E-state index in [1.807, 2.05) is 0 Å². The van der Waals surface area contributed by atoms with Gasteiger partial charge in [-0.3, -0.25) is 0 Å². The number of benzene rings is 16. The smallest absolute Gasteiger partial charge is 0.0622 e. The summed E-state index contributed by atoms with van der Waals surface area (Å²) in [5.41, 5.74) is 31.6. The van der Waals surface area contributed by atoms with Crippen molar-refractivity contribution in [2.45, 2.75) is 164 Å². The molecule has 16 rings (SSSR count). The molecule has 0 aliphatic rings. The van der Waals surface area contributed by atoms with Crippen molar-refractivity contribution in [3.63, 3.8) is 0 Å². The summed E-state index contributed by atoms with van der Waals surface area (Å²) < 4.78 is 99.6. The van der Waals surface area contributed by atoms with E-state index in [9.17, 15) is 0 Å². The highest BCUT2D eigenvalue weighted by Gasteiger charge is 2.29. The van der Waals surface area contributed by atoms with Gasteiger partial charge in [0.15, 0.2) is 0 Å². The van der Waals surface area contributed by atoms with Crippen LogP contribution in [0.2, 0.25) is 0 Å².